The molecule has 0 aliphatic carbocycles. The van der Waals surface area contributed by atoms with Crippen LogP contribution >= 0.6 is 23.2 Å². The van der Waals surface area contributed by atoms with E-state index in [0.717, 1.165) is 5.56 Å². The lowest BCUT2D eigenvalue weighted by atomic mass is 10.2. The van der Waals surface area contributed by atoms with Crippen LogP contribution in [-0.2, 0) is 17.8 Å². The SMILES string of the molecule is CCc1cc(=O)n(CC(=O)Nc2cccc(Cl)c2C)c(-c2cccc(Cl)c2)n1. The minimum Gasteiger partial charge on any atom is -0.324 e. The van der Waals surface area contributed by atoms with Gasteiger partial charge in [0.15, 0.2) is 0 Å². The molecule has 0 saturated heterocycles. The summed E-state index contributed by atoms with van der Waals surface area (Å²) in [6.45, 7) is 3.56. The second kappa shape index (κ2) is 8.59. The van der Waals surface area contributed by atoms with Crippen LogP contribution in [0.2, 0.25) is 10.0 Å². The van der Waals surface area contributed by atoms with E-state index >= 15 is 0 Å². The average Bonchev–Trinajstić information content (AvgIpc) is 2.66. The third kappa shape index (κ3) is 4.43. The topological polar surface area (TPSA) is 64.0 Å². The Bertz CT molecular complexity index is 1090. The number of hydrogen-bond acceptors (Lipinski definition) is 3. The fraction of sp³-hybridized carbons (Fsp3) is 0.190. The number of anilines is 1. The molecule has 0 saturated carbocycles. The summed E-state index contributed by atoms with van der Waals surface area (Å²) in [7, 11) is 0. The molecule has 0 spiro atoms. The number of aromatic nitrogens is 2. The monoisotopic (exact) mass is 415 g/mol. The lowest BCUT2D eigenvalue weighted by Gasteiger charge is -2.15. The summed E-state index contributed by atoms with van der Waals surface area (Å²) in [5.41, 5.74) is 2.40. The molecule has 1 N–H and O–H groups in total. The van der Waals surface area contributed by atoms with Crippen LogP contribution in [0.5, 0.6) is 0 Å². The standard InChI is InChI=1S/C21H19Cl2N3O2/c1-3-16-11-20(28)26(21(24-16)14-6-4-7-15(22)10-14)12-19(27)25-18-9-5-8-17(23)13(18)2/h4-11H,3,12H2,1-2H3,(H,25,27). The number of carbonyl (C=O) groups excluding carboxylic acids is 1. The van der Waals surface area contributed by atoms with E-state index in [9.17, 15) is 9.59 Å². The Morgan fingerprint density at radius 3 is 2.61 bits per heavy atom. The first-order valence-electron chi connectivity index (χ1n) is 8.80. The highest BCUT2D eigenvalue weighted by molar-refractivity contribution is 6.31. The number of rotatable bonds is 5. The van der Waals surface area contributed by atoms with E-state index in [-0.39, 0.29) is 18.0 Å². The minimum atomic E-state index is -0.346. The molecule has 0 atom stereocenters. The molecular weight excluding hydrogens is 397 g/mol. The predicted octanol–water partition coefficient (Wildman–Crippen LogP) is 4.73. The Labute approximate surface area is 172 Å². The molecule has 3 rings (SSSR count). The van der Waals surface area contributed by atoms with Gasteiger partial charge in [-0.25, -0.2) is 4.98 Å². The van der Waals surface area contributed by atoms with Crippen molar-refractivity contribution < 1.29 is 4.79 Å². The largest absolute Gasteiger partial charge is 0.324 e. The summed E-state index contributed by atoms with van der Waals surface area (Å²) >= 11 is 12.2. The second-order valence-electron chi connectivity index (χ2n) is 6.32. The Morgan fingerprint density at radius 2 is 1.89 bits per heavy atom. The third-order valence-corrected chi connectivity index (χ3v) is 4.99. The molecule has 1 aromatic heterocycles. The van der Waals surface area contributed by atoms with Gasteiger partial charge in [-0.05, 0) is 43.2 Å². The van der Waals surface area contributed by atoms with Crippen molar-refractivity contribution in [2.45, 2.75) is 26.8 Å². The first kappa shape index (κ1) is 20.1. The average molecular weight is 416 g/mol. The molecule has 1 heterocycles. The van der Waals surface area contributed by atoms with E-state index in [0.29, 0.717) is 39.2 Å². The van der Waals surface area contributed by atoms with Crippen LogP contribution in [0.3, 0.4) is 0 Å². The van der Waals surface area contributed by atoms with Crippen molar-refractivity contribution in [3.63, 3.8) is 0 Å². The van der Waals surface area contributed by atoms with Crippen molar-refractivity contribution >= 4 is 34.8 Å². The number of nitrogens with one attached hydrogen (secondary N) is 1. The number of carbonyl (C=O) groups is 1. The highest BCUT2D eigenvalue weighted by atomic mass is 35.5. The van der Waals surface area contributed by atoms with Gasteiger partial charge < -0.3 is 5.32 Å². The van der Waals surface area contributed by atoms with Crippen LogP contribution in [0.4, 0.5) is 5.69 Å². The summed E-state index contributed by atoms with van der Waals surface area (Å²) in [5.74, 6) is 0.0617. The zero-order chi connectivity index (χ0) is 20.3. The maximum atomic E-state index is 12.7. The number of halogens is 2. The van der Waals surface area contributed by atoms with Gasteiger partial charge in [-0.3, -0.25) is 14.2 Å². The van der Waals surface area contributed by atoms with E-state index in [1.807, 2.05) is 19.9 Å². The lowest BCUT2D eigenvalue weighted by molar-refractivity contribution is -0.116. The van der Waals surface area contributed by atoms with E-state index < -0.39 is 0 Å². The van der Waals surface area contributed by atoms with Crippen LogP contribution in [0.15, 0.2) is 53.3 Å². The highest BCUT2D eigenvalue weighted by Crippen LogP contribution is 2.24. The highest BCUT2D eigenvalue weighted by Gasteiger charge is 2.15. The Balaban J connectivity index is 1.98. The summed E-state index contributed by atoms with van der Waals surface area (Å²) in [6.07, 6.45) is 0.609. The maximum Gasteiger partial charge on any atom is 0.254 e. The number of amides is 1. The molecule has 0 unspecified atom stereocenters. The first-order chi connectivity index (χ1) is 13.4. The first-order valence-corrected chi connectivity index (χ1v) is 9.56. The molecule has 1 amide bonds. The summed E-state index contributed by atoms with van der Waals surface area (Å²) in [4.78, 5) is 29.9. The van der Waals surface area contributed by atoms with E-state index in [1.165, 1.54) is 10.6 Å². The van der Waals surface area contributed by atoms with Gasteiger partial charge in [0, 0.05) is 33.1 Å². The molecule has 0 aliphatic heterocycles. The van der Waals surface area contributed by atoms with Gasteiger partial charge in [0.25, 0.3) is 5.56 Å². The van der Waals surface area contributed by atoms with Crippen molar-refractivity contribution in [3.05, 3.63) is 80.2 Å². The molecular formula is C21H19Cl2N3O2. The van der Waals surface area contributed by atoms with Crippen molar-refractivity contribution in [1.82, 2.24) is 9.55 Å². The minimum absolute atomic E-state index is 0.177. The van der Waals surface area contributed by atoms with Gasteiger partial charge in [-0.1, -0.05) is 48.3 Å². The van der Waals surface area contributed by atoms with Gasteiger partial charge in [0.1, 0.15) is 12.4 Å². The van der Waals surface area contributed by atoms with E-state index in [1.54, 1.807) is 36.4 Å². The molecule has 0 aliphatic rings. The molecule has 7 heteroatoms. The Hall–Kier alpha value is -2.63. The predicted molar refractivity (Wildman–Crippen MR) is 113 cm³/mol. The third-order valence-electron chi connectivity index (χ3n) is 4.35. The summed E-state index contributed by atoms with van der Waals surface area (Å²) in [5, 5.41) is 3.89. The van der Waals surface area contributed by atoms with Crippen molar-refractivity contribution in [2.24, 2.45) is 0 Å². The summed E-state index contributed by atoms with van der Waals surface area (Å²) < 4.78 is 1.35. The van der Waals surface area contributed by atoms with Crippen molar-refractivity contribution in [3.8, 4) is 11.4 Å². The Kier molecular flexibility index (Phi) is 6.17. The fourth-order valence-corrected chi connectivity index (χ4v) is 3.18. The molecule has 0 fully saturated rings. The number of hydrogen-bond donors (Lipinski definition) is 1. The number of benzene rings is 2. The maximum absolute atomic E-state index is 12.7. The van der Waals surface area contributed by atoms with Crippen LogP contribution in [0, 0.1) is 6.92 Å². The molecule has 28 heavy (non-hydrogen) atoms. The summed E-state index contributed by atoms with van der Waals surface area (Å²) in [6, 6.07) is 13.8. The molecule has 0 bridgehead atoms. The van der Waals surface area contributed by atoms with Gasteiger partial charge in [0.05, 0.1) is 0 Å². The number of nitrogens with zero attached hydrogens (tertiary/aromatic N) is 2. The normalized spacial score (nSPS) is 10.7. The molecule has 5 nitrogen and oxygen atoms in total. The van der Waals surface area contributed by atoms with Gasteiger partial charge in [0.2, 0.25) is 5.91 Å². The zero-order valence-electron chi connectivity index (χ0n) is 15.5. The van der Waals surface area contributed by atoms with Crippen LogP contribution < -0.4 is 10.9 Å². The van der Waals surface area contributed by atoms with Crippen LogP contribution in [0.25, 0.3) is 11.4 Å². The van der Waals surface area contributed by atoms with Gasteiger partial charge in [-0.15, -0.1) is 0 Å². The molecule has 0 radical (unpaired) electrons. The van der Waals surface area contributed by atoms with Gasteiger partial charge >= 0.3 is 0 Å². The van der Waals surface area contributed by atoms with Crippen LogP contribution in [-0.4, -0.2) is 15.5 Å². The lowest BCUT2D eigenvalue weighted by Crippen LogP contribution is -2.30. The number of aryl methyl sites for hydroxylation is 1. The van der Waals surface area contributed by atoms with E-state index in [2.05, 4.69) is 10.3 Å². The quantitative estimate of drug-likeness (QED) is 0.654. The zero-order valence-corrected chi connectivity index (χ0v) is 17.0. The Morgan fingerprint density at radius 1 is 1.14 bits per heavy atom. The molecule has 3 aromatic rings. The smallest absolute Gasteiger partial charge is 0.254 e. The van der Waals surface area contributed by atoms with Crippen molar-refractivity contribution in [2.75, 3.05) is 5.32 Å². The van der Waals surface area contributed by atoms with Gasteiger partial charge in [-0.2, -0.15) is 0 Å². The van der Waals surface area contributed by atoms with Crippen molar-refractivity contribution in [1.29, 1.82) is 0 Å². The van der Waals surface area contributed by atoms with E-state index in [4.69, 9.17) is 23.2 Å². The van der Waals surface area contributed by atoms with Crippen LogP contribution in [0.1, 0.15) is 18.2 Å². The molecule has 144 valence electrons. The second-order valence-corrected chi connectivity index (χ2v) is 7.16. The fourth-order valence-electron chi connectivity index (χ4n) is 2.81. The molecule has 2 aromatic carbocycles.